The molecule has 0 aromatic carbocycles. The zero-order chi connectivity index (χ0) is 20.5. The summed E-state index contributed by atoms with van der Waals surface area (Å²) in [4.78, 5) is 34.8. The van der Waals surface area contributed by atoms with Crippen LogP contribution in [0.1, 0.15) is 48.6 Å². The summed E-state index contributed by atoms with van der Waals surface area (Å²) in [6.45, 7) is 5.13. The third-order valence-corrected chi connectivity index (χ3v) is 6.94. The highest BCUT2D eigenvalue weighted by Gasteiger charge is 2.36. The van der Waals surface area contributed by atoms with Gasteiger partial charge in [-0.3, -0.25) is 19.5 Å². The van der Waals surface area contributed by atoms with Crippen LogP contribution < -0.4 is 5.56 Å². The molecule has 0 saturated carbocycles. The van der Waals surface area contributed by atoms with E-state index >= 15 is 0 Å². The Balaban J connectivity index is 1.32. The highest BCUT2D eigenvalue weighted by Crippen LogP contribution is 2.35. The van der Waals surface area contributed by atoms with Crippen LogP contribution in [-0.4, -0.2) is 51.4 Å². The van der Waals surface area contributed by atoms with Gasteiger partial charge in [0.2, 0.25) is 5.91 Å². The first-order valence-corrected chi connectivity index (χ1v) is 11.3. The van der Waals surface area contributed by atoms with Crippen molar-refractivity contribution in [3.05, 3.63) is 63.8 Å². The van der Waals surface area contributed by atoms with Crippen molar-refractivity contribution < 1.29 is 4.79 Å². The molecule has 6 heteroatoms. The minimum absolute atomic E-state index is 0.140. The molecule has 2 bridgehead atoms. The molecule has 1 amide bonds. The van der Waals surface area contributed by atoms with Crippen molar-refractivity contribution in [2.24, 2.45) is 5.92 Å². The van der Waals surface area contributed by atoms with Gasteiger partial charge in [0.25, 0.3) is 5.56 Å². The number of carbonyl (C=O) groups excluding carboxylic acids is 1. The lowest BCUT2D eigenvalue weighted by Gasteiger charge is -2.43. The number of hydrogen-bond donors (Lipinski definition) is 0. The van der Waals surface area contributed by atoms with E-state index in [1.165, 1.54) is 19.3 Å². The molecule has 2 atom stereocenters. The van der Waals surface area contributed by atoms with Crippen molar-refractivity contribution in [3.63, 3.8) is 0 Å². The topological polar surface area (TPSA) is 58.4 Å². The number of nitrogens with zero attached hydrogens (tertiary/aromatic N) is 4. The molecule has 5 rings (SSSR count). The Morgan fingerprint density at radius 1 is 1.03 bits per heavy atom. The number of hydrogen-bond acceptors (Lipinski definition) is 4. The summed E-state index contributed by atoms with van der Waals surface area (Å²) in [6, 6.07) is 9.88. The number of pyridine rings is 2. The Labute approximate surface area is 177 Å². The maximum atomic E-state index is 13.2. The van der Waals surface area contributed by atoms with Crippen LogP contribution in [0.3, 0.4) is 0 Å². The second-order valence-corrected chi connectivity index (χ2v) is 9.13. The van der Waals surface area contributed by atoms with E-state index in [1.54, 1.807) is 6.20 Å². The molecule has 0 radical (unpaired) electrons. The van der Waals surface area contributed by atoms with E-state index in [1.807, 2.05) is 33.7 Å². The fourth-order valence-corrected chi connectivity index (χ4v) is 5.44. The number of aromatic nitrogens is 2. The smallest absolute Gasteiger partial charge is 0.255 e. The van der Waals surface area contributed by atoms with Gasteiger partial charge in [-0.1, -0.05) is 18.6 Å². The maximum Gasteiger partial charge on any atom is 0.255 e. The Morgan fingerprint density at radius 3 is 2.70 bits per heavy atom. The zero-order valence-corrected chi connectivity index (χ0v) is 17.5. The standard InChI is InChI=1S/C24H30N4O2/c29-23(13-21-6-2-3-9-25-21)27-14-18-12-20(17-27)22-8-7-19(24(30)28(22)15-18)16-26-10-4-1-5-11-26/h2-3,6-9,18,20H,1,4-5,10-17H2/t18-,20+/m0/s1. The van der Waals surface area contributed by atoms with Crippen LogP contribution in [0.4, 0.5) is 0 Å². The van der Waals surface area contributed by atoms with E-state index in [0.717, 1.165) is 56.1 Å². The van der Waals surface area contributed by atoms with Crippen molar-refractivity contribution in [2.75, 3.05) is 26.2 Å². The fourth-order valence-electron chi connectivity index (χ4n) is 5.44. The van der Waals surface area contributed by atoms with Gasteiger partial charge in [-0.25, -0.2) is 0 Å². The van der Waals surface area contributed by atoms with Gasteiger partial charge in [0, 0.05) is 55.2 Å². The first-order valence-electron chi connectivity index (χ1n) is 11.3. The van der Waals surface area contributed by atoms with E-state index in [2.05, 4.69) is 16.0 Å². The Bertz CT molecular complexity index is 965. The van der Waals surface area contributed by atoms with Crippen molar-refractivity contribution in [1.82, 2.24) is 19.4 Å². The molecule has 0 N–H and O–H groups in total. The summed E-state index contributed by atoms with van der Waals surface area (Å²) >= 11 is 0. The fraction of sp³-hybridized carbons (Fsp3) is 0.542. The van der Waals surface area contributed by atoms with Crippen LogP contribution >= 0.6 is 0 Å². The summed E-state index contributed by atoms with van der Waals surface area (Å²) in [5, 5.41) is 0. The van der Waals surface area contributed by atoms with Crippen LogP contribution in [-0.2, 0) is 24.3 Å². The van der Waals surface area contributed by atoms with E-state index in [9.17, 15) is 9.59 Å². The first kappa shape index (κ1) is 19.5. The minimum atomic E-state index is 0.140. The van der Waals surface area contributed by atoms with Crippen molar-refractivity contribution in [2.45, 2.75) is 51.1 Å². The predicted molar refractivity (Wildman–Crippen MR) is 115 cm³/mol. The molecule has 2 fully saturated rings. The molecule has 0 spiro atoms. The minimum Gasteiger partial charge on any atom is -0.341 e. The number of fused-ring (bicyclic) bond motifs is 4. The van der Waals surface area contributed by atoms with Crippen molar-refractivity contribution in [1.29, 1.82) is 0 Å². The van der Waals surface area contributed by atoms with Gasteiger partial charge in [-0.15, -0.1) is 0 Å². The van der Waals surface area contributed by atoms with Crippen molar-refractivity contribution in [3.8, 4) is 0 Å². The van der Waals surface area contributed by atoms with Crippen molar-refractivity contribution >= 4 is 5.91 Å². The molecular formula is C24H30N4O2. The molecule has 0 unspecified atom stereocenters. The van der Waals surface area contributed by atoms with E-state index in [-0.39, 0.29) is 17.4 Å². The maximum absolute atomic E-state index is 13.2. The highest BCUT2D eigenvalue weighted by atomic mass is 16.2. The van der Waals surface area contributed by atoms with E-state index < -0.39 is 0 Å². The monoisotopic (exact) mass is 406 g/mol. The van der Waals surface area contributed by atoms with Gasteiger partial charge in [0.15, 0.2) is 0 Å². The molecule has 158 valence electrons. The van der Waals surface area contributed by atoms with Gasteiger partial charge in [-0.05, 0) is 56.5 Å². The molecule has 0 aliphatic carbocycles. The molecule has 2 saturated heterocycles. The number of amides is 1. The molecule has 6 nitrogen and oxygen atoms in total. The van der Waals surface area contributed by atoms with Gasteiger partial charge in [0.1, 0.15) is 0 Å². The third-order valence-electron chi connectivity index (χ3n) is 6.94. The summed E-state index contributed by atoms with van der Waals surface area (Å²) in [5.74, 6) is 0.745. The lowest BCUT2D eigenvalue weighted by Crippen LogP contribution is -2.50. The molecule has 3 aliphatic heterocycles. The largest absolute Gasteiger partial charge is 0.341 e. The number of rotatable bonds is 4. The molecule has 2 aromatic heterocycles. The summed E-state index contributed by atoms with van der Waals surface area (Å²) in [6.07, 6.45) is 6.92. The quantitative estimate of drug-likeness (QED) is 0.783. The third kappa shape index (κ3) is 3.93. The Hall–Kier alpha value is -2.47. The van der Waals surface area contributed by atoms with Gasteiger partial charge in [-0.2, -0.15) is 0 Å². The molecule has 2 aromatic rings. The van der Waals surface area contributed by atoms with Gasteiger partial charge < -0.3 is 9.47 Å². The lowest BCUT2D eigenvalue weighted by atomic mass is 9.82. The second kappa shape index (κ2) is 8.34. The zero-order valence-electron chi connectivity index (χ0n) is 17.5. The normalized spacial score (nSPS) is 23.8. The van der Waals surface area contributed by atoms with E-state index in [0.29, 0.717) is 18.9 Å². The van der Waals surface area contributed by atoms with Crippen LogP contribution in [0.15, 0.2) is 41.3 Å². The van der Waals surface area contributed by atoms with Crippen LogP contribution in [0, 0.1) is 5.92 Å². The van der Waals surface area contributed by atoms with Crippen LogP contribution in [0.2, 0.25) is 0 Å². The molecular weight excluding hydrogens is 376 g/mol. The number of piperidine rings is 2. The van der Waals surface area contributed by atoms with Crippen LogP contribution in [0.25, 0.3) is 0 Å². The lowest BCUT2D eigenvalue weighted by molar-refractivity contribution is -0.133. The molecule has 5 heterocycles. The first-order chi connectivity index (χ1) is 14.7. The number of carbonyl (C=O) groups is 1. The summed E-state index contributed by atoms with van der Waals surface area (Å²) in [7, 11) is 0. The van der Waals surface area contributed by atoms with Gasteiger partial charge in [0.05, 0.1) is 6.42 Å². The Morgan fingerprint density at radius 2 is 1.90 bits per heavy atom. The highest BCUT2D eigenvalue weighted by molar-refractivity contribution is 5.78. The van der Waals surface area contributed by atoms with E-state index in [4.69, 9.17) is 0 Å². The molecule has 30 heavy (non-hydrogen) atoms. The Kier molecular flexibility index (Phi) is 5.42. The van der Waals surface area contributed by atoms with Gasteiger partial charge >= 0.3 is 0 Å². The molecule has 3 aliphatic rings. The number of likely N-dealkylation sites (tertiary alicyclic amines) is 2. The average molecular weight is 407 g/mol. The average Bonchev–Trinajstić information content (AvgIpc) is 2.77. The second-order valence-electron chi connectivity index (χ2n) is 9.13. The van der Waals surface area contributed by atoms with Crippen LogP contribution in [0.5, 0.6) is 0 Å². The predicted octanol–water partition coefficient (Wildman–Crippen LogP) is 2.42. The summed E-state index contributed by atoms with van der Waals surface area (Å²) in [5.41, 5.74) is 3.02. The SMILES string of the molecule is O=C(Cc1ccccn1)N1C[C@@H]2C[C@H](C1)c1ccc(CN3CCCCC3)c(=O)n1C2. The summed E-state index contributed by atoms with van der Waals surface area (Å²) < 4.78 is 2.01.